The first-order valence-corrected chi connectivity index (χ1v) is 13.9. The summed E-state index contributed by atoms with van der Waals surface area (Å²) in [6, 6.07) is 0. The highest BCUT2D eigenvalue weighted by Gasteiger charge is 2.62. The largest absolute Gasteiger partial charge is 0.393 e. The Morgan fingerprint density at radius 3 is 2.45 bits per heavy atom. The standard InChI is InChI=1S/C30H50O3/c1-8-30(33)16-15-28(6)20(17-30)10-11-21-23-13-12-22(29(23,7)18-24(31)26(21)28)19(2)9-14-25(32)27(3,4)5/h10,19,21-23,25-26,32-33H,8-9,11-18H2,1-7H3/t19-,21+,22-,23+,25-,26-,28+,29-,30+/m1/s1. The van der Waals surface area contributed by atoms with Crippen LogP contribution in [0.2, 0.25) is 0 Å². The molecule has 0 bridgehead atoms. The SMILES string of the molecule is CC[C@]1(O)CC[C@@]2(C)C(=CC[C@H]3[C@@H]4CC[C@H]([C@H](C)CC[C@@H](O)C(C)(C)C)[C@@]4(C)CC(=O)[C@@H]32)C1. The second-order valence-electron chi connectivity index (χ2n) is 14.2. The number of aliphatic hydroxyl groups is 2. The molecule has 0 radical (unpaired) electrons. The third kappa shape index (κ3) is 4.18. The summed E-state index contributed by atoms with van der Waals surface area (Å²) < 4.78 is 0. The summed E-state index contributed by atoms with van der Waals surface area (Å²) in [5.41, 5.74) is 0.779. The number of Topliss-reactive ketones (excluding diaryl/α,β-unsaturated/α-hetero) is 1. The van der Waals surface area contributed by atoms with Gasteiger partial charge < -0.3 is 10.2 Å². The number of allylic oxidation sites excluding steroid dienone is 1. The predicted molar refractivity (Wildman–Crippen MR) is 135 cm³/mol. The Morgan fingerprint density at radius 1 is 1.12 bits per heavy atom. The molecule has 3 fully saturated rings. The molecule has 0 aliphatic heterocycles. The van der Waals surface area contributed by atoms with Crippen molar-refractivity contribution in [2.24, 2.45) is 45.8 Å². The molecule has 4 aliphatic carbocycles. The van der Waals surface area contributed by atoms with Gasteiger partial charge in [0, 0.05) is 12.3 Å². The Morgan fingerprint density at radius 2 is 1.82 bits per heavy atom. The number of aliphatic hydroxyl groups excluding tert-OH is 1. The molecular weight excluding hydrogens is 408 g/mol. The number of carbonyl (C=O) groups is 1. The van der Waals surface area contributed by atoms with Gasteiger partial charge in [0.05, 0.1) is 11.7 Å². The van der Waals surface area contributed by atoms with Crippen molar-refractivity contribution < 1.29 is 15.0 Å². The van der Waals surface area contributed by atoms with E-state index in [2.05, 4.69) is 54.5 Å². The summed E-state index contributed by atoms with van der Waals surface area (Å²) in [5, 5.41) is 21.6. The molecule has 3 nitrogen and oxygen atoms in total. The third-order valence-corrected chi connectivity index (χ3v) is 11.3. The fourth-order valence-electron chi connectivity index (χ4n) is 8.87. The Labute approximate surface area is 202 Å². The first kappa shape index (κ1) is 25.4. The van der Waals surface area contributed by atoms with E-state index >= 15 is 0 Å². The van der Waals surface area contributed by atoms with E-state index in [1.54, 1.807) is 0 Å². The molecule has 4 aliphatic rings. The van der Waals surface area contributed by atoms with E-state index < -0.39 is 5.60 Å². The summed E-state index contributed by atoms with van der Waals surface area (Å²) in [6.45, 7) is 15.6. The second kappa shape index (κ2) is 8.47. The molecule has 0 aromatic rings. The third-order valence-electron chi connectivity index (χ3n) is 11.3. The second-order valence-corrected chi connectivity index (χ2v) is 14.2. The van der Waals surface area contributed by atoms with E-state index in [-0.39, 0.29) is 28.3 Å². The number of carbonyl (C=O) groups excluding carboxylic acids is 1. The zero-order valence-electron chi connectivity index (χ0n) is 22.4. The molecule has 9 atom stereocenters. The van der Waals surface area contributed by atoms with Crippen molar-refractivity contribution in [2.75, 3.05) is 0 Å². The minimum Gasteiger partial charge on any atom is -0.393 e. The fraction of sp³-hybridized carbons (Fsp3) is 0.900. The van der Waals surface area contributed by atoms with E-state index in [4.69, 9.17) is 0 Å². The van der Waals surface area contributed by atoms with Gasteiger partial charge in [-0.2, -0.15) is 0 Å². The van der Waals surface area contributed by atoms with Crippen molar-refractivity contribution in [3.63, 3.8) is 0 Å². The van der Waals surface area contributed by atoms with Gasteiger partial charge in [-0.1, -0.05) is 60.1 Å². The van der Waals surface area contributed by atoms with E-state index in [1.165, 1.54) is 18.4 Å². The molecule has 0 spiro atoms. The van der Waals surface area contributed by atoms with Crippen molar-refractivity contribution in [3.8, 4) is 0 Å². The van der Waals surface area contributed by atoms with Gasteiger partial charge in [0.15, 0.2) is 0 Å². The molecule has 188 valence electrons. The zero-order chi connectivity index (χ0) is 24.4. The molecule has 0 unspecified atom stereocenters. The van der Waals surface area contributed by atoms with E-state index in [0.717, 1.165) is 51.4 Å². The molecule has 4 rings (SSSR count). The maximum absolute atomic E-state index is 13.9. The number of hydrogen-bond donors (Lipinski definition) is 2. The van der Waals surface area contributed by atoms with Gasteiger partial charge in [0.25, 0.3) is 0 Å². The molecule has 0 aromatic heterocycles. The van der Waals surface area contributed by atoms with Gasteiger partial charge in [-0.15, -0.1) is 0 Å². The lowest BCUT2D eigenvalue weighted by molar-refractivity contribution is -0.147. The molecule has 3 heteroatoms. The minimum atomic E-state index is -0.573. The molecule has 2 N–H and O–H groups in total. The maximum atomic E-state index is 13.9. The fourth-order valence-corrected chi connectivity index (χ4v) is 8.87. The van der Waals surface area contributed by atoms with Crippen LogP contribution in [0.3, 0.4) is 0 Å². The Balaban J connectivity index is 1.54. The smallest absolute Gasteiger partial charge is 0.137 e. The number of rotatable bonds is 5. The number of ketones is 1. The summed E-state index contributed by atoms with van der Waals surface area (Å²) in [5.74, 6) is 2.86. The van der Waals surface area contributed by atoms with E-state index in [0.29, 0.717) is 29.5 Å². The Bertz CT molecular complexity index is 793. The van der Waals surface area contributed by atoms with Crippen LogP contribution in [0.15, 0.2) is 11.6 Å². The monoisotopic (exact) mass is 458 g/mol. The van der Waals surface area contributed by atoms with Crippen LogP contribution < -0.4 is 0 Å². The summed E-state index contributed by atoms with van der Waals surface area (Å²) in [4.78, 5) is 13.9. The molecule has 0 heterocycles. The summed E-state index contributed by atoms with van der Waals surface area (Å²) in [6.07, 6.45) is 11.6. The topological polar surface area (TPSA) is 57.5 Å². The van der Waals surface area contributed by atoms with Crippen molar-refractivity contribution in [2.45, 2.75) is 124 Å². The molecule has 0 saturated heterocycles. The van der Waals surface area contributed by atoms with Gasteiger partial charge in [-0.3, -0.25) is 4.79 Å². The van der Waals surface area contributed by atoms with Gasteiger partial charge in [0.2, 0.25) is 0 Å². The van der Waals surface area contributed by atoms with Crippen LogP contribution in [0.5, 0.6) is 0 Å². The van der Waals surface area contributed by atoms with E-state index in [9.17, 15) is 15.0 Å². The van der Waals surface area contributed by atoms with Gasteiger partial charge >= 0.3 is 0 Å². The highest BCUT2D eigenvalue weighted by Crippen LogP contribution is 2.67. The highest BCUT2D eigenvalue weighted by atomic mass is 16.3. The van der Waals surface area contributed by atoms with Crippen LogP contribution in [0.4, 0.5) is 0 Å². The molecule has 33 heavy (non-hydrogen) atoms. The lowest BCUT2D eigenvalue weighted by Gasteiger charge is -2.58. The molecule has 0 amide bonds. The molecule has 0 aromatic carbocycles. The van der Waals surface area contributed by atoms with Crippen LogP contribution in [-0.4, -0.2) is 27.7 Å². The first-order chi connectivity index (χ1) is 15.2. The average molecular weight is 459 g/mol. The average Bonchev–Trinajstić information content (AvgIpc) is 3.08. The first-order valence-electron chi connectivity index (χ1n) is 13.9. The maximum Gasteiger partial charge on any atom is 0.137 e. The van der Waals surface area contributed by atoms with Crippen LogP contribution in [0, 0.1) is 45.8 Å². The van der Waals surface area contributed by atoms with Gasteiger partial charge in [-0.25, -0.2) is 0 Å². The minimum absolute atomic E-state index is 0.0523. The molecular formula is C30H50O3. The van der Waals surface area contributed by atoms with Crippen LogP contribution >= 0.6 is 0 Å². The Hall–Kier alpha value is -0.670. The lowest BCUT2D eigenvalue weighted by atomic mass is 9.45. The lowest BCUT2D eigenvalue weighted by Crippen LogP contribution is -2.56. The highest BCUT2D eigenvalue weighted by molar-refractivity contribution is 5.85. The normalized spacial score (nSPS) is 45.0. The van der Waals surface area contributed by atoms with Crippen LogP contribution in [0.25, 0.3) is 0 Å². The quantitative estimate of drug-likeness (QED) is 0.450. The predicted octanol–water partition coefficient (Wildman–Crippen LogP) is 6.71. The van der Waals surface area contributed by atoms with Crippen molar-refractivity contribution in [3.05, 3.63) is 11.6 Å². The summed E-state index contributed by atoms with van der Waals surface area (Å²) >= 11 is 0. The van der Waals surface area contributed by atoms with E-state index in [1.807, 2.05) is 0 Å². The van der Waals surface area contributed by atoms with Crippen molar-refractivity contribution >= 4 is 5.78 Å². The number of fused-ring (bicyclic) bond motifs is 5. The molecule has 3 saturated carbocycles. The van der Waals surface area contributed by atoms with Crippen molar-refractivity contribution in [1.82, 2.24) is 0 Å². The summed E-state index contributed by atoms with van der Waals surface area (Å²) in [7, 11) is 0. The van der Waals surface area contributed by atoms with Crippen LogP contribution in [-0.2, 0) is 4.79 Å². The zero-order valence-corrected chi connectivity index (χ0v) is 22.4. The number of hydrogen-bond acceptors (Lipinski definition) is 3. The van der Waals surface area contributed by atoms with Crippen molar-refractivity contribution in [1.29, 1.82) is 0 Å². The Kier molecular flexibility index (Phi) is 6.53. The van der Waals surface area contributed by atoms with Crippen LogP contribution in [0.1, 0.15) is 113 Å². The van der Waals surface area contributed by atoms with Gasteiger partial charge in [-0.05, 0) is 97.7 Å². The van der Waals surface area contributed by atoms with Gasteiger partial charge in [0.1, 0.15) is 5.78 Å².